The van der Waals surface area contributed by atoms with Gasteiger partial charge in [-0.2, -0.15) is 0 Å². The largest absolute Gasteiger partial charge is 0.381 e. The van der Waals surface area contributed by atoms with Crippen LogP contribution in [0.1, 0.15) is 18.5 Å². The minimum absolute atomic E-state index is 0.0840. The SMILES string of the molecule is NC1(C(=O)NCCc2csc(-c3ccccc3)n2)CCOCC1. The maximum Gasteiger partial charge on any atom is 0.240 e. The van der Waals surface area contributed by atoms with Crippen LogP contribution in [0, 0.1) is 0 Å². The molecule has 1 aromatic carbocycles. The summed E-state index contributed by atoms with van der Waals surface area (Å²) in [5.74, 6) is -0.0840. The molecule has 1 fully saturated rings. The topological polar surface area (TPSA) is 77.2 Å². The van der Waals surface area contributed by atoms with Crippen LogP contribution in [0.15, 0.2) is 35.7 Å². The number of carbonyl (C=O) groups excluding carboxylic acids is 1. The second kappa shape index (κ2) is 7.21. The van der Waals surface area contributed by atoms with E-state index in [0.717, 1.165) is 16.3 Å². The fourth-order valence-electron chi connectivity index (χ4n) is 2.58. The zero-order valence-corrected chi connectivity index (χ0v) is 13.8. The molecule has 0 atom stereocenters. The van der Waals surface area contributed by atoms with Crippen molar-refractivity contribution < 1.29 is 9.53 Å². The zero-order valence-electron chi connectivity index (χ0n) is 13.0. The molecule has 0 bridgehead atoms. The maximum absolute atomic E-state index is 12.2. The van der Waals surface area contributed by atoms with Gasteiger partial charge in [0.05, 0.1) is 11.2 Å². The first-order valence-corrected chi connectivity index (χ1v) is 8.70. The van der Waals surface area contributed by atoms with E-state index in [1.807, 2.05) is 35.7 Å². The quantitative estimate of drug-likeness (QED) is 0.878. The van der Waals surface area contributed by atoms with Crippen LogP contribution in [-0.2, 0) is 16.0 Å². The second-order valence-electron chi connectivity index (χ2n) is 5.78. The third-order valence-electron chi connectivity index (χ3n) is 4.08. The average molecular weight is 331 g/mol. The van der Waals surface area contributed by atoms with Crippen molar-refractivity contribution in [2.45, 2.75) is 24.8 Å². The monoisotopic (exact) mass is 331 g/mol. The number of aromatic nitrogens is 1. The van der Waals surface area contributed by atoms with Crippen molar-refractivity contribution in [3.05, 3.63) is 41.4 Å². The molecule has 1 aliphatic heterocycles. The lowest BCUT2D eigenvalue weighted by molar-refractivity contribution is -0.129. The van der Waals surface area contributed by atoms with Crippen molar-refractivity contribution in [3.63, 3.8) is 0 Å². The third kappa shape index (κ3) is 3.96. The molecule has 0 unspecified atom stereocenters. The molecular formula is C17H21N3O2S. The van der Waals surface area contributed by atoms with Gasteiger partial charge in [-0.1, -0.05) is 30.3 Å². The van der Waals surface area contributed by atoms with E-state index in [4.69, 9.17) is 10.5 Å². The molecule has 1 amide bonds. The van der Waals surface area contributed by atoms with Crippen molar-refractivity contribution in [1.82, 2.24) is 10.3 Å². The van der Waals surface area contributed by atoms with Crippen LogP contribution in [0.5, 0.6) is 0 Å². The zero-order chi connectivity index (χ0) is 16.1. The van der Waals surface area contributed by atoms with E-state index in [9.17, 15) is 4.79 Å². The fourth-order valence-corrected chi connectivity index (χ4v) is 3.44. The van der Waals surface area contributed by atoms with Crippen LogP contribution in [0.4, 0.5) is 0 Å². The molecular weight excluding hydrogens is 310 g/mol. The summed E-state index contributed by atoms with van der Waals surface area (Å²) >= 11 is 1.62. The van der Waals surface area contributed by atoms with E-state index in [2.05, 4.69) is 10.3 Å². The summed E-state index contributed by atoms with van der Waals surface area (Å²) in [5.41, 5.74) is 7.49. The van der Waals surface area contributed by atoms with Gasteiger partial charge in [0.25, 0.3) is 0 Å². The molecule has 1 aromatic heterocycles. The summed E-state index contributed by atoms with van der Waals surface area (Å²) in [6, 6.07) is 10.1. The number of carbonyl (C=O) groups is 1. The van der Waals surface area contributed by atoms with Gasteiger partial charge >= 0.3 is 0 Å². The minimum Gasteiger partial charge on any atom is -0.381 e. The summed E-state index contributed by atoms with van der Waals surface area (Å²) in [7, 11) is 0. The minimum atomic E-state index is -0.782. The molecule has 3 N–H and O–H groups in total. The van der Waals surface area contributed by atoms with Gasteiger partial charge in [0.2, 0.25) is 5.91 Å². The lowest BCUT2D eigenvalue weighted by atomic mass is 9.90. The van der Waals surface area contributed by atoms with Crippen molar-refractivity contribution in [2.24, 2.45) is 5.73 Å². The molecule has 0 saturated carbocycles. The summed E-state index contributed by atoms with van der Waals surface area (Å²) in [5, 5.41) is 5.98. The van der Waals surface area contributed by atoms with Crippen LogP contribution in [-0.4, -0.2) is 36.2 Å². The second-order valence-corrected chi connectivity index (χ2v) is 6.64. The Balaban J connectivity index is 1.51. The van der Waals surface area contributed by atoms with Crippen molar-refractivity contribution in [2.75, 3.05) is 19.8 Å². The number of rotatable bonds is 5. The van der Waals surface area contributed by atoms with Gasteiger partial charge in [0.15, 0.2) is 0 Å². The average Bonchev–Trinajstić information content (AvgIpc) is 3.05. The van der Waals surface area contributed by atoms with E-state index in [-0.39, 0.29) is 5.91 Å². The number of hydrogen-bond donors (Lipinski definition) is 2. The lowest BCUT2D eigenvalue weighted by Crippen LogP contribution is -2.57. The third-order valence-corrected chi connectivity index (χ3v) is 5.02. The Labute approximate surface area is 139 Å². The Kier molecular flexibility index (Phi) is 5.05. The van der Waals surface area contributed by atoms with Gasteiger partial charge in [0, 0.05) is 37.1 Å². The molecule has 2 aromatic rings. The first-order valence-electron chi connectivity index (χ1n) is 7.82. The van der Waals surface area contributed by atoms with Crippen molar-refractivity contribution >= 4 is 17.2 Å². The Hall–Kier alpha value is -1.76. The summed E-state index contributed by atoms with van der Waals surface area (Å²) < 4.78 is 5.27. The number of amides is 1. The van der Waals surface area contributed by atoms with Gasteiger partial charge < -0.3 is 15.8 Å². The predicted octanol–water partition coefficient (Wildman–Crippen LogP) is 1.98. The summed E-state index contributed by atoms with van der Waals surface area (Å²) in [6.45, 7) is 1.66. The van der Waals surface area contributed by atoms with Crippen LogP contribution >= 0.6 is 11.3 Å². The molecule has 0 radical (unpaired) electrons. The molecule has 0 aliphatic carbocycles. The number of hydrogen-bond acceptors (Lipinski definition) is 5. The molecule has 3 rings (SSSR count). The fraction of sp³-hybridized carbons (Fsp3) is 0.412. The highest BCUT2D eigenvalue weighted by Crippen LogP contribution is 2.23. The Bertz CT molecular complexity index is 651. The standard InChI is InChI=1S/C17H21N3O2S/c18-17(7-10-22-11-8-17)16(21)19-9-6-14-12-23-15(20-14)13-4-2-1-3-5-13/h1-5,12H,6-11,18H2,(H,19,21). The number of nitrogens with one attached hydrogen (secondary N) is 1. The van der Waals surface area contributed by atoms with E-state index in [1.54, 1.807) is 11.3 Å². The normalized spacial score (nSPS) is 16.9. The predicted molar refractivity (Wildman–Crippen MR) is 91.2 cm³/mol. The number of benzene rings is 1. The number of nitrogens with zero attached hydrogens (tertiary/aromatic N) is 1. The van der Waals surface area contributed by atoms with Crippen molar-refractivity contribution in [1.29, 1.82) is 0 Å². The van der Waals surface area contributed by atoms with Crippen LogP contribution in [0.2, 0.25) is 0 Å². The molecule has 1 saturated heterocycles. The molecule has 1 aliphatic rings. The first kappa shape index (κ1) is 16.1. The Morgan fingerprint density at radius 3 is 2.78 bits per heavy atom. The van der Waals surface area contributed by atoms with Gasteiger partial charge in [-0.05, 0) is 12.8 Å². The van der Waals surface area contributed by atoms with Crippen LogP contribution in [0.25, 0.3) is 10.6 Å². The van der Waals surface area contributed by atoms with Crippen LogP contribution in [0.3, 0.4) is 0 Å². The summed E-state index contributed by atoms with van der Waals surface area (Å²) in [4.78, 5) is 16.9. The Morgan fingerprint density at radius 2 is 2.04 bits per heavy atom. The van der Waals surface area contributed by atoms with E-state index in [0.29, 0.717) is 39.0 Å². The summed E-state index contributed by atoms with van der Waals surface area (Å²) in [6.07, 6.45) is 1.86. The maximum atomic E-state index is 12.2. The highest BCUT2D eigenvalue weighted by Gasteiger charge is 2.35. The molecule has 6 heteroatoms. The van der Waals surface area contributed by atoms with Gasteiger partial charge in [-0.15, -0.1) is 11.3 Å². The highest BCUT2D eigenvalue weighted by atomic mass is 32.1. The van der Waals surface area contributed by atoms with E-state index >= 15 is 0 Å². The van der Waals surface area contributed by atoms with E-state index in [1.165, 1.54) is 0 Å². The van der Waals surface area contributed by atoms with Gasteiger partial charge in [0.1, 0.15) is 5.01 Å². The number of ether oxygens (including phenoxy) is 1. The number of nitrogens with two attached hydrogens (primary N) is 1. The van der Waals surface area contributed by atoms with Crippen LogP contribution < -0.4 is 11.1 Å². The smallest absolute Gasteiger partial charge is 0.240 e. The molecule has 23 heavy (non-hydrogen) atoms. The van der Waals surface area contributed by atoms with E-state index < -0.39 is 5.54 Å². The highest BCUT2D eigenvalue weighted by molar-refractivity contribution is 7.13. The molecule has 0 spiro atoms. The first-order chi connectivity index (χ1) is 11.2. The lowest BCUT2D eigenvalue weighted by Gasteiger charge is -2.31. The van der Waals surface area contributed by atoms with Gasteiger partial charge in [-0.25, -0.2) is 4.98 Å². The molecule has 2 heterocycles. The van der Waals surface area contributed by atoms with Gasteiger partial charge in [-0.3, -0.25) is 4.79 Å². The number of thiazole rings is 1. The Morgan fingerprint density at radius 1 is 1.30 bits per heavy atom. The molecule has 5 nitrogen and oxygen atoms in total. The molecule has 122 valence electrons. The van der Waals surface area contributed by atoms with Crippen molar-refractivity contribution in [3.8, 4) is 10.6 Å².